The van der Waals surface area contributed by atoms with E-state index in [9.17, 15) is 4.79 Å². The van der Waals surface area contributed by atoms with Crippen LogP contribution in [0.3, 0.4) is 0 Å². The first kappa shape index (κ1) is 15.7. The van der Waals surface area contributed by atoms with Gasteiger partial charge >= 0.3 is 0 Å². The molecule has 21 heavy (non-hydrogen) atoms. The van der Waals surface area contributed by atoms with Crippen LogP contribution in [0, 0.1) is 0 Å². The van der Waals surface area contributed by atoms with Gasteiger partial charge in [0.1, 0.15) is 0 Å². The lowest BCUT2D eigenvalue weighted by atomic mass is 10.2. The van der Waals surface area contributed by atoms with Gasteiger partial charge in [0.05, 0.1) is 6.21 Å². The minimum Gasteiger partial charge on any atom is -0.273 e. The van der Waals surface area contributed by atoms with Crippen molar-refractivity contribution in [2.75, 3.05) is 0 Å². The van der Waals surface area contributed by atoms with Crippen LogP contribution in [0.4, 0.5) is 0 Å². The highest BCUT2D eigenvalue weighted by Gasteiger charge is 2.00. The van der Waals surface area contributed by atoms with Crippen molar-refractivity contribution in [1.29, 1.82) is 0 Å². The van der Waals surface area contributed by atoms with E-state index in [0.717, 1.165) is 24.8 Å². The summed E-state index contributed by atoms with van der Waals surface area (Å²) in [6, 6.07) is 11.5. The molecule has 0 unspecified atom stereocenters. The minimum atomic E-state index is -0.0561. The quantitative estimate of drug-likeness (QED) is 0.462. The van der Waals surface area contributed by atoms with Gasteiger partial charge < -0.3 is 0 Å². The summed E-state index contributed by atoms with van der Waals surface area (Å²) in [5, 5.41) is 6.66. The molecule has 0 bridgehead atoms. The summed E-state index contributed by atoms with van der Waals surface area (Å²) in [6.45, 7) is 0. The Morgan fingerprint density at radius 1 is 1.29 bits per heavy atom. The Kier molecular flexibility index (Phi) is 6.44. The first-order chi connectivity index (χ1) is 10.2. The van der Waals surface area contributed by atoms with Crippen molar-refractivity contribution in [3.63, 3.8) is 0 Å². The van der Waals surface area contributed by atoms with Gasteiger partial charge in [0.15, 0.2) is 0 Å². The van der Waals surface area contributed by atoms with E-state index in [-0.39, 0.29) is 5.91 Å². The van der Waals surface area contributed by atoms with E-state index in [1.54, 1.807) is 29.7 Å². The number of benzene rings is 1. The van der Waals surface area contributed by atoms with Crippen molar-refractivity contribution < 1.29 is 4.79 Å². The molecule has 1 aromatic carbocycles. The van der Waals surface area contributed by atoms with Crippen LogP contribution in [0.5, 0.6) is 0 Å². The second kappa shape index (κ2) is 8.60. The summed E-state index contributed by atoms with van der Waals surface area (Å²) in [7, 11) is 0. The van der Waals surface area contributed by atoms with Crippen LogP contribution in [-0.2, 0) is 11.2 Å². The van der Waals surface area contributed by atoms with Crippen molar-refractivity contribution in [3.05, 3.63) is 57.2 Å². The van der Waals surface area contributed by atoms with Crippen LogP contribution in [-0.4, -0.2) is 12.1 Å². The average molecular weight is 321 g/mol. The number of unbranched alkanes of at least 4 members (excludes halogenated alkanes) is 1. The fourth-order valence-corrected chi connectivity index (χ4v) is 2.81. The van der Waals surface area contributed by atoms with E-state index >= 15 is 0 Å². The number of thiophene rings is 1. The molecule has 0 fully saturated rings. The van der Waals surface area contributed by atoms with Crippen LogP contribution in [0.1, 0.15) is 29.7 Å². The van der Waals surface area contributed by atoms with Gasteiger partial charge in [-0.15, -0.1) is 11.3 Å². The molecule has 110 valence electrons. The van der Waals surface area contributed by atoms with Gasteiger partial charge in [0.25, 0.3) is 0 Å². The summed E-state index contributed by atoms with van der Waals surface area (Å²) < 4.78 is 0. The van der Waals surface area contributed by atoms with Crippen LogP contribution >= 0.6 is 22.9 Å². The molecule has 1 aromatic heterocycles. The van der Waals surface area contributed by atoms with E-state index < -0.39 is 0 Å². The number of carbonyl (C=O) groups is 1. The number of rotatable bonds is 7. The van der Waals surface area contributed by atoms with Crippen LogP contribution in [0.2, 0.25) is 5.02 Å². The zero-order chi connectivity index (χ0) is 14.9. The molecule has 0 atom stereocenters. The molecule has 0 radical (unpaired) electrons. The zero-order valence-electron chi connectivity index (χ0n) is 11.6. The molecule has 0 spiro atoms. The largest absolute Gasteiger partial charge is 0.273 e. The third-order valence-electron chi connectivity index (χ3n) is 2.91. The number of nitrogens with one attached hydrogen (secondary N) is 1. The molecule has 1 heterocycles. The molecule has 0 saturated heterocycles. The van der Waals surface area contributed by atoms with Crippen molar-refractivity contribution in [2.45, 2.75) is 25.7 Å². The third-order valence-corrected chi connectivity index (χ3v) is 4.08. The predicted octanol–water partition coefficient (Wildman–Crippen LogP) is 4.26. The highest BCUT2D eigenvalue weighted by Crippen LogP contribution is 2.12. The Labute approximate surface area is 133 Å². The molecule has 0 aliphatic rings. The van der Waals surface area contributed by atoms with Crippen LogP contribution in [0.25, 0.3) is 0 Å². The number of hydrogen-bond acceptors (Lipinski definition) is 3. The van der Waals surface area contributed by atoms with Crippen LogP contribution in [0.15, 0.2) is 46.9 Å². The molecule has 0 saturated carbocycles. The lowest BCUT2D eigenvalue weighted by Crippen LogP contribution is -2.16. The van der Waals surface area contributed by atoms with Gasteiger partial charge in [-0.3, -0.25) is 4.79 Å². The normalized spacial score (nSPS) is 10.9. The van der Waals surface area contributed by atoms with Crippen molar-refractivity contribution in [2.24, 2.45) is 5.10 Å². The monoisotopic (exact) mass is 320 g/mol. The number of hydrogen-bond donors (Lipinski definition) is 1. The Balaban J connectivity index is 1.63. The number of amides is 1. The first-order valence-electron chi connectivity index (χ1n) is 6.84. The van der Waals surface area contributed by atoms with E-state index in [1.165, 1.54) is 4.88 Å². The van der Waals surface area contributed by atoms with Crippen LogP contribution < -0.4 is 5.43 Å². The molecule has 1 amide bonds. The number of halogens is 1. The first-order valence-corrected chi connectivity index (χ1v) is 8.09. The van der Waals surface area contributed by atoms with Gasteiger partial charge in [-0.05, 0) is 48.4 Å². The molecule has 0 aliphatic heterocycles. The Morgan fingerprint density at radius 2 is 2.19 bits per heavy atom. The molecule has 5 heteroatoms. The SMILES string of the molecule is O=C(CCCCc1cccs1)N/N=C/c1cccc(Cl)c1. The summed E-state index contributed by atoms with van der Waals surface area (Å²) in [6.07, 6.45) is 5.02. The number of carbonyl (C=O) groups excluding carboxylic acids is 1. The average Bonchev–Trinajstić information content (AvgIpc) is 2.97. The lowest BCUT2D eigenvalue weighted by molar-refractivity contribution is -0.121. The Bertz CT molecular complexity index is 596. The highest BCUT2D eigenvalue weighted by atomic mass is 35.5. The highest BCUT2D eigenvalue weighted by molar-refractivity contribution is 7.09. The van der Waals surface area contributed by atoms with Gasteiger partial charge in [0.2, 0.25) is 5.91 Å². The molecule has 2 aromatic rings. The maximum atomic E-state index is 11.6. The van der Waals surface area contributed by atoms with Crippen molar-refractivity contribution in [3.8, 4) is 0 Å². The Morgan fingerprint density at radius 3 is 2.95 bits per heavy atom. The van der Waals surface area contributed by atoms with Gasteiger partial charge in [-0.2, -0.15) is 5.10 Å². The second-order valence-corrected chi connectivity index (χ2v) is 6.10. The molecule has 3 nitrogen and oxygen atoms in total. The number of hydrazone groups is 1. The summed E-state index contributed by atoms with van der Waals surface area (Å²) >= 11 is 7.62. The van der Waals surface area contributed by atoms with Gasteiger partial charge in [-0.25, -0.2) is 5.43 Å². The summed E-state index contributed by atoms with van der Waals surface area (Å²) in [5.74, 6) is -0.0561. The van der Waals surface area contributed by atoms with Crippen molar-refractivity contribution in [1.82, 2.24) is 5.43 Å². The molecule has 2 rings (SSSR count). The van der Waals surface area contributed by atoms with E-state index in [1.807, 2.05) is 12.1 Å². The second-order valence-electron chi connectivity index (χ2n) is 4.63. The maximum Gasteiger partial charge on any atom is 0.240 e. The number of nitrogens with zero attached hydrogens (tertiary/aromatic N) is 1. The Hall–Kier alpha value is -1.65. The number of aryl methyl sites for hydroxylation is 1. The summed E-state index contributed by atoms with van der Waals surface area (Å²) in [5.41, 5.74) is 3.40. The molecular weight excluding hydrogens is 304 g/mol. The lowest BCUT2D eigenvalue weighted by Gasteiger charge is -2.00. The van der Waals surface area contributed by atoms with E-state index in [0.29, 0.717) is 11.4 Å². The minimum absolute atomic E-state index is 0.0561. The van der Waals surface area contributed by atoms with Gasteiger partial charge in [0, 0.05) is 16.3 Å². The zero-order valence-corrected chi connectivity index (χ0v) is 13.2. The fraction of sp³-hybridized carbons (Fsp3) is 0.250. The topological polar surface area (TPSA) is 41.5 Å². The molecule has 1 N–H and O–H groups in total. The van der Waals surface area contributed by atoms with E-state index in [4.69, 9.17) is 11.6 Å². The predicted molar refractivity (Wildman–Crippen MR) is 89.1 cm³/mol. The van der Waals surface area contributed by atoms with Gasteiger partial charge in [-0.1, -0.05) is 29.8 Å². The smallest absolute Gasteiger partial charge is 0.240 e. The maximum absolute atomic E-state index is 11.6. The molecule has 0 aliphatic carbocycles. The third kappa shape index (κ3) is 6.10. The van der Waals surface area contributed by atoms with Crippen molar-refractivity contribution >= 4 is 35.1 Å². The molecular formula is C16H17ClN2OS. The fourth-order valence-electron chi connectivity index (χ4n) is 1.86. The summed E-state index contributed by atoms with van der Waals surface area (Å²) in [4.78, 5) is 13.0. The standard InChI is InChI=1S/C16H17ClN2OS/c17-14-6-3-5-13(11-14)12-18-19-16(20)9-2-1-7-15-8-4-10-21-15/h3-6,8,10-12H,1-2,7,9H2,(H,19,20)/b18-12+. The van der Waals surface area contributed by atoms with E-state index in [2.05, 4.69) is 28.0 Å².